The van der Waals surface area contributed by atoms with Crippen molar-refractivity contribution < 1.29 is 14.3 Å². The van der Waals surface area contributed by atoms with Crippen LogP contribution in [0.15, 0.2) is 36.4 Å². The monoisotopic (exact) mass is 317 g/mol. The van der Waals surface area contributed by atoms with Crippen LogP contribution >= 0.6 is 11.6 Å². The average molecular weight is 318 g/mol. The fraction of sp³-hybridized carbons (Fsp3) is 0.235. The molecule has 0 radical (unpaired) electrons. The zero-order valence-electron chi connectivity index (χ0n) is 12.4. The highest BCUT2D eigenvalue weighted by Gasteiger charge is 2.27. The third-order valence-corrected chi connectivity index (χ3v) is 4.03. The summed E-state index contributed by atoms with van der Waals surface area (Å²) < 4.78 is 10.7. The molecule has 0 spiro atoms. The first kappa shape index (κ1) is 14.7. The van der Waals surface area contributed by atoms with Gasteiger partial charge in [-0.05, 0) is 41.0 Å². The quantitative estimate of drug-likeness (QED) is 0.946. The molecule has 1 aliphatic rings. The molecule has 0 unspecified atom stereocenters. The molecule has 1 aliphatic heterocycles. The number of fused-ring (bicyclic) bond motifs is 1. The highest BCUT2D eigenvalue weighted by molar-refractivity contribution is 6.30. The summed E-state index contributed by atoms with van der Waals surface area (Å²) >= 11 is 6.08. The molecule has 5 heteroatoms. The van der Waals surface area contributed by atoms with Crippen LogP contribution in [0.4, 0.5) is 0 Å². The molecule has 0 bridgehead atoms. The molecule has 3 rings (SSSR count). The lowest BCUT2D eigenvalue weighted by atomic mass is 9.89. The molecule has 114 valence electrons. The van der Waals surface area contributed by atoms with Gasteiger partial charge >= 0.3 is 0 Å². The van der Waals surface area contributed by atoms with Crippen LogP contribution in [0.3, 0.4) is 0 Å². The highest BCUT2D eigenvalue weighted by atomic mass is 35.5. The van der Waals surface area contributed by atoms with E-state index in [1.807, 2.05) is 36.4 Å². The third-order valence-electron chi connectivity index (χ3n) is 3.79. The Balaban J connectivity index is 2.14. The SMILES string of the molecule is COc1cc2c(cc1OC)[C@@H](c1cccc(Cl)c1)NC(=O)C2. The summed E-state index contributed by atoms with van der Waals surface area (Å²) in [6.45, 7) is 0. The number of halogens is 1. The molecule has 2 aromatic carbocycles. The van der Waals surface area contributed by atoms with Gasteiger partial charge in [-0.25, -0.2) is 0 Å². The van der Waals surface area contributed by atoms with Gasteiger partial charge in [0.15, 0.2) is 11.5 Å². The van der Waals surface area contributed by atoms with Crippen molar-refractivity contribution in [2.45, 2.75) is 12.5 Å². The minimum atomic E-state index is -0.241. The van der Waals surface area contributed by atoms with Crippen LogP contribution in [0.2, 0.25) is 5.02 Å². The Morgan fingerprint density at radius 3 is 2.55 bits per heavy atom. The number of hydrogen-bond acceptors (Lipinski definition) is 3. The van der Waals surface area contributed by atoms with Crippen LogP contribution < -0.4 is 14.8 Å². The van der Waals surface area contributed by atoms with Crippen molar-refractivity contribution in [3.05, 3.63) is 58.1 Å². The molecule has 0 aromatic heterocycles. The lowest BCUT2D eigenvalue weighted by molar-refractivity contribution is -0.121. The zero-order valence-corrected chi connectivity index (χ0v) is 13.1. The van der Waals surface area contributed by atoms with E-state index in [0.29, 0.717) is 22.9 Å². The molecule has 22 heavy (non-hydrogen) atoms. The Morgan fingerprint density at radius 2 is 1.86 bits per heavy atom. The minimum absolute atomic E-state index is 0.0234. The van der Waals surface area contributed by atoms with Gasteiger partial charge in [0, 0.05) is 5.02 Å². The number of ether oxygens (including phenoxy) is 2. The van der Waals surface area contributed by atoms with Crippen LogP contribution in [0.1, 0.15) is 22.7 Å². The zero-order chi connectivity index (χ0) is 15.7. The normalized spacial score (nSPS) is 16.7. The molecular formula is C17H16ClNO3. The van der Waals surface area contributed by atoms with Crippen molar-refractivity contribution in [1.29, 1.82) is 0 Å². The fourth-order valence-corrected chi connectivity index (χ4v) is 2.97. The average Bonchev–Trinajstić information content (AvgIpc) is 2.52. The number of amides is 1. The van der Waals surface area contributed by atoms with Crippen LogP contribution in [0.25, 0.3) is 0 Å². The second kappa shape index (κ2) is 5.89. The first-order chi connectivity index (χ1) is 10.6. The minimum Gasteiger partial charge on any atom is -0.493 e. The number of carbonyl (C=O) groups excluding carboxylic acids is 1. The van der Waals surface area contributed by atoms with Gasteiger partial charge in [-0.3, -0.25) is 4.79 Å². The molecule has 2 aromatic rings. The van der Waals surface area contributed by atoms with Gasteiger partial charge in [-0.15, -0.1) is 0 Å². The molecule has 1 N–H and O–H groups in total. The maximum absolute atomic E-state index is 12.0. The van der Waals surface area contributed by atoms with Crippen LogP contribution in [0.5, 0.6) is 11.5 Å². The van der Waals surface area contributed by atoms with Crippen LogP contribution in [0, 0.1) is 0 Å². The predicted octanol–water partition coefficient (Wildman–Crippen LogP) is 3.12. The van der Waals surface area contributed by atoms with E-state index in [1.54, 1.807) is 14.2 Å². The van der Waals surface area contributed by atoms with Crippen molar-refractivity contribution in [1.82, 2.24) is 5.32 Å². The molecular weight excluding hydrogens is 302 g/mol. The van der Waals surface area contributed by atoms with Crippen molar-refractivity contribution >= 4 is 17.5 Å². The summed E-state index contributed by atoms with van der Waals surface area (Å²) in [7, 11) is 3.18. The first-order valence-corrected chi connectivity index (χ1v) is 7.30. The Kier molecular flexibility index (Phi) is 3.94. The van der Waals surface area contributed by atoms with Crippen molar-refractivity contribution in [3.8, 4) is 11.5 Å². The van der Waals surface area contributed by atoms with Gasteiger partial charge in [-0.1, -0.05) is 23.7 Å². The van der Waals surface area contributed by atoms with E-state index in [0.717, 1.165) is 16.7 Å². The smallest absolute Gasteiger partial charge is 0.225 e. The topological polar surface area (TPSA) is 47.6 Å². The van der Waals surface area contributed by atoms with Gasteiger partial charge in [0.25, 0.3) is 0 Å². The molecule has 1 atom stereocenters. The van der Waals surface area contributed by atoms with E-state index in [1.165, 1.54) is 0 Å². The number of methoxy groups -OCH3 is 2. The van der Waals surface area contributed by atoms with Crippen molar-refractivity contribution in [3.63, 3.8) is 0 Å². The van der Waals surface area contributed by atoms with E-state index in [-0.39, 0.29) is 11.9 Å². The molecule has 0 saturated carbocycles. The van der Waals surface area contributed by atoms with Gasteiger partial charge in [-0.2, -0.15) is 0 Å². The number of carbonyl (C=O) groups is 1. The maximum atomic E-state index is 12.0. The van der Waals surface area contributed by atoms with Crippen molar-refractivity contribution in [2.24, 2.45) is 0 Å². The second-order valence-electron chi connectivity index (χ2n) is 5.14. The van der Waals surface area contributed by atoms with Gasteiger partial charge in [0.2, 0.25) is 5.91 Å². The highest BCUT2D eigenvalue weighted by Crippen LogP contribution is 2.37. The molecule has 1 heterocycles. The molecule has 0 fully saturated rings. The Labute approximate surface area is 134 Å². The van der Waals surface area contributed by atoms with E-state index in [9.17, 15) is 4.79 Å². The molecule has 1 amide bonds. The summed E-state index contributed by atoms with van der Waals surface area (Å²) in [6, 6.07) is 11.0. The molecule has 0 saturated heterocycles. The van der Waals surface area contributed by atoms with E-state index >= 15 is 0 Å². The van der Waals surface area contributed by atoms with E-state index in [2.05, 4.69) is 5.32 Å². The van der Waals surface area contributed by atoms with Crippen LogP contribution in [-0.4, -0.2) is 20.1 Å². The Hall–Kier alpha value is -2.20. The van der Waals surface area contributed by atoms with Crippen molar-refractivity contribution in [2.75, 3.05) is 14.2 Å². The fourth-order valence-electron chi connectivity index (χ4n) is 2.77. The number of nitrogens with one attached hydrogen (secondary N) is 1. The van der Waals surface area contributed by atoms with E-state index < -0.39 is 0 Å². The molecule has 4 nitrogen and oxygen atoms in total. The number of hydrogen-bond donors (Lipinski definition) is 1. The maximum Gasteiger partial charge on any atom is 0.225 e. The lowest BCUT2D eigenvalue weighted by Gasteiger charge is -2.28. The van der Waals surface area contributed by atoms with Crippen LogP contribution in [-0.2, 0) is 11.2 Å². The van der Waals surface area contributed by atoms with Gasteiger partial charge in [0.05, 0.1) is 26.7 Å². The Bertz CT molecular complexity index is 730. The number of rotatable bonds is 3. The Morgan fingerprint density at radius 1 is 1.14 bits per heavy atom. The first-order valence-electron chi connectivity index (χ1n) is 6.92. The van der Waals surface area contributed by atoms with Gasteiger partial charge < -0.3 is 14.8 Å². The third kappa shape index (κ3) is 2.62. The molecule has 0 aliphatic carbocycles. The largest absolute Gasteiger partial charge is 0.493 e. The summed E-state index contributed by atoms with van der Waals surface area (Å²) in [5, 5.41) is 3.65. The van der Waals surface area contributed by atoms with E-state index in [4.69, 9.17) is 21.1 Å². The van der Waals surface area contributed by atoms with Gasteiger partial charge in [0.1, 0.15) is 0 Å². The second-order valence-corrected chi connectivity index (χ2v) is 5.57. The summed E-state index contributed by atoms with van der Waals surface area (Å²) in [4.78, 5) is 12.0. The summed E-state index contributed by atoms with van der Waals surface area (Å²) in [6.07, 6.45) is 0.326. The summed E-state index contributed by atoms with van der Waals surface area (Å²) in [5.41, 5.74) is 2.87. The summed E-state index contributed by atoms with van der Waals surface area (Å²) in [5.74, 6) is 1.25. The lowest BCUT2D eigenvalue weighted by Crippen LogP contribution is -2.35. The standard InChI is InChI=1S/C17H16ClNO3/c1-21-14-7-11-8-16(20)19-17(13(11)9-15(14)22-2)10-4-3-5-12(18)6-10/h3-7,9,17H,8H2,1-2H3,(H,19,20)/t17-/m1/s1. The number of benzene rings is 2. The predicted molar refractivity (Wildman–Crippen MR) is 84.7 cm³/mol.